The number of carbonyl (C=O) groups excluding carboxylic acids is 1. The van der Waals surface area contributed by atoms with E-state index in [1.165, 1.54) is 18.7 Å². The van der Waals surface area contributed by atoms with Crippen LogP contribution in [0.5, 0.6) is 5.75 Å². The fourth-order valence-corrected chi connectivity index (χ4v) is 1.55. The van der Waals surface area contributed by atoms with Gasteiger partial charge in [0.2, 0.25) is 0 Å². The molecule has 1 aromatic carbocycles. The molecule has 0 saturated heterocycles. The SMILES string of the molecule is COc1cc(Cl)ccc1C#CCSC(C)=O. The predicted molar refractivity (Wildman–Crippen MR) is 68.0 cm³/mol. The van der Waals surface area contributed by atoms with Gasteiger partial charge in [-0.15, -0.1) is 0 Å². The van der Waals surface area contributed by atoms with Crippen LogP contribution in [-0.4, -0.2) is 18.0 Å². The highest BCUT2D eigenvalue weighted by Crippen LogP contribution is 2.22. The second-order valence-electron chi connectivity index (χ2n) is 2.93. The molecule has 0 spiro atoms. The van der Waals surface area contributed by atoms with E-state index in [0.717, 1.165) is 5.56 Å². The molecule has 0 fully saturated rings. The molecule has 2 nitrogen and oxygen atoms in total. The van der Waals surface area contributed by atoms with Gasteiger partial charge in [-0.05, 0) is 12.1 Å². The van der Waals surface area contributed by atoms with E-state index in [9.17, 15) is 4.79 Å². The van der Waals surface area contributed by atoms with Gasteiger partial charge in [0.15, 0.2) is 5.12 Å². The molecule has 0 saturated carbocycles. The van der Waals surface area contributed by atoms with Gasteiger partial charge in [-0.3, -0.25) is 4.79 Å². The molecule has 0 N–H and O–H groups in total. The van der Waals surface area contributed by atoms with Crippen molar-refractivity contribution < 1.29 is 9.53 Å². The third-order valence-corrected chi connectivity index (χ3v) is 2.66. The minimum atomic E-state index is 0.0670. The number of rotatable bonds is 2. The van der Waals surface area contributed by atoms with Crippen molar-refractivity contribution >= 4 is 28.5 Å². The summed E-state index contributed by atoms with van der Waals surface area (Å²) in [5, 5.41) is 0.679. The quantitative estimate of drug-likeness (QED) is 0.759. The third kappa shape index (κ3) is 4.18. The van der Waals surface area contributed by atoms with Gasteiger partial charge in [0, 0.05) is 18.0 Å². The summed E-state index contributed by atoms with van der Waals surface area (Å²) in [6.45, 7) is 1.52. The summed E-state index contributed by atoms with van der Waals surface area (Å²) in [5.74, 6) is 6.97. The summed E-state index contributed by atoms with van der Waals surface area (Å²) in [6, 6.07) is 5.27. The summed E-state index contributed by atoms with van der Waals surface area (Å²) >= 11 is 7.01. The molecule has 1 aromatic rings. The lowest BCUT2D eigenvalue weighted by Gasteiger charge is -2.02. The molecular weight excluding hydrogens is 244 g/mol. The van der Waals surface area contributed by atoms with Crippen molar-refractivity contribution in [3.8, 4) is 17.6 Å². The maximum Gasteiger partial charge on any atom is 0.186 e. The molecule has 0 radical (unpaired) electrons. The molecule has 0 amide bonds. The fourth-order valence-electron chi connectivity index (χ4n) is 1.04. The first-order chi connectivity index (χ1) is 7.63. The Morgan fingerprint density at radius 3 is 2.94 bits per heavy atom. The highest BCUT2D eigenvalue weighted by atomic mass is 35.5. The molecule has 0 aliphatic heterocycles. The predicted octanol–water partition coefficient (Wildman–Crippen LogP) is 2.98. The fraction of sp³-hybridized carbons (Fsp3) is 0.250. The van der Waals surface area contributed by atoms with Crippen LogP contribution < -0.4 is 4.74 Å². The summed E-state index contributed by atoms with van der Waals surface area (Å²) in [7, 11) is 1.57. The summed E-state index contributed by atoms with van der Waals surface area (Å²) in [4.78, 5) is 10.7. The molecule has 0 heterocycles. The molecule has 4 heteroatoms. The van der Waals surface area contributed by atoms with Crippen molar-refractivity contribution in [1.29, 1.82) is 0 Å². The number of halogens is 1. The van der Waals surface area contributed by atoms with Crippen LogP contribution in [0.2, 0.25) is 5.02 Å². The Morgan fingerprint density at radius 1 is 1.56 bits per heavy atom. The lowest BCUT2D eigenvalue weighted by atomic mass is 10.2. The van der Waals surface area contributed by atoms with Gasteiger partial charge in [0.25, 0.3) is 0 Å². The highest BCUT2D eigenvalue weighted by Gasteiger charge is 2.00. The van der Waals surface area contributed by atoms with E-state index in [4.69, 9.17) is 16.3 Å². The smallest absolute Gasteiger partial charge is 0.186 e. The maximum atomic E-state index is 10.7. The molecule has 0 atom stereocenters. The summed E-state index contributed by atoms with van der Waals surface area (Å²) in [6.07, 6.45) is 0. The average molecular weight is 255 g/mol. The zero-order valence-electron chi connectivity index (χ0n) is 9.04. The van der Waals surface area contributed by atoms with Gasteiger partial charge in [-0.2, -0.15) is 0 Å². The normalized spacial score (nSPS) is 9.19. The second-order valence-corrected chi connectivity index (χ2v) is 4.52. The molecule has 0 aliphatic carbocycles. The van der Waals surface area contributed by atoms with E-state index < -0.39 is 0 Å². The van der Waals surface area contributed by atoms with Crippen LogP contribution in [0.3, 0.4) is 0 Å². The van der Waals surface area contributed by atoms with Gasteiger partial charge in [-0.1, -0.05) is 35.2 Å². The number of carbonyl (C=O) groups is 1. The molecule has 0 bridgehead atoms. The molecule has 0 aromatic heterocycles. The molecule has 1 rings (SSSR count). The van der Waals surface area contributed by atoms with Crippen LogP contribution in [0.1, 0.15) is 12.5 Å². The van der Waals surface area contributed by atoms with Crippen molar-refractivity contribution in [3.05, 3.63) is 28.8 Å². The Hall–Kier alpha value is -1.11. The Bertz CT molecular complexity index is 446. The van der Waals surface area contributed by atoms with Gasteiger partial charge in [0.1, 0.15) is 5.75 Å². The van der Waals surface area contributed by atoms with Crippen LogP contribution >= 0.6 is 23.4 Å². The molecular formula is C12H11ClO2S. The maximum absolute atomic E-state index is 10.7. The van der Waals surface area contributed by atoms with E-state index in [0.29, 0.717) is 16.5 Å². The van der Waals surface area contributed by atoms with Crippen molar-refractivity contribution in [3.63, 3.8) is 0 Å². The Morgan fingerprint density at radius 2 is 2.31 bits per heavy atom. The minimum absolute atomic E-state index is 0.0670. The van der Waals surface area contributed by atoms with E-state index in [1.54, 1.807) is 25.3 Å². The number of benzene rings is 1. The second kappa shape index (κ2) is 6.47. The van der Waals surface area contributed by atoms with Gasteiger partial charge in [-0.25, -0.2) is 0 Å². The van der Waals surface area contributed by atoms with Crippen molar-refractivity contribution in [2.24, 2.45) is 0 Å². The third-order valence-electron chi connectivity index (χ3n) is 1.73. The number of hydrogen-bond donors (Lipinski definition) is 0. The Kier molecular flexibility index (Phi) is 5.24. The van der Waals surface area contributed by atoms with Crippen molar-refractivity contribution in [2.75, 3.05) is 12.9 Å². The molecule has 0 unspecified atom stereocenters. The van der Waals surface area contributed by atoms with Crippen LogP contribution in [0.25, 0.3) is 0 Å². The van der Waals surface area contributed by atoms with Gasteiger partial charge in [0.05, 0.1) is 18.4 Å². The number of hydrogen-bond acceptors (Lipinski definition) is 3. The Balaban J connectivity index is 2.76. The largest absolute Gasteiger partial charge is 0.495 e. The van der Waals surface area contributed by atoms with Gasteiger partial charge < -0.3 is 4.74 Å². The first-order valence-corrected chi connectivity index (χ1v) is 5.95. The Labute approximate surface area is 104 Å². The lowest BCUT2D eigenvalue weighted by molar-refractivity contribution is -0.109. The monoisotopic (exact) mass is 254 g/mol. The number of ether oxygens (including phenoxy) is 1. The zero-order chi connectivity index (χ0) is 12.0. The van der Waals surface area contributed by atoms with E-state index >= 15 is 0 Å². The highest BCUT2D eigenvalue weighted by molar-refractivity contribution is 8.13. The van der Waals surface area contributed by atoms with E-state index in [-0.39, 0.29) is 5.12 Å². The van der Waals surface area contributed by atoms with Crippen LogP contribution in [0.15, 0.2) is 18.2 Å². The standard InChI is InChI=1S/C12H11ClO2S/c1-9(14)16-7-3-4-10-5-6-11(13)8-12(10)15-2/h5-6,8H,7H2,1-2H3. The summed E-state index contributed by atoms with van der Waals surface area (Å²) in [5.41, 5.74) is 0.774. The van der Waals surface area contributed by atoms with Crippen molar-refractivity contribution in [2.45, 2.75) is 6.92 Å². The number of thioether (sulfide) groups is 1. The molecule has 0 aliphatic rings. The van der Waals surface area contributed by atoms with Crippen LogP contribution in [0, 0.1) is 11.8 Å². The first-order valence-electron chi connectivity index (χ1n) is 4.59. The zero-order valence-corrected chi connectivity index (χ0v) is 10.6. The van der Waals surface area contributed by atoms with Crippen molar-refractivity contribution in [1.82, 2.24) is 0 Å². The van der Waals surface area contributed by atoms with Crippen LogP contribution in [0.4, 0.5) is 0 Å². The van der Waals surface area contributed by atoms with E-state index in [1.807, 2.05) is 0 Å². The lowest BCUT2D eigenvalue weighted by Crippen LogP contribution is -1.88. The topological polar surface area (TPSA) is 26.3 Å². The average Bonchev–Trinajstić information content (AvgIpc) is 2.25. The van der Waals surface area contributed by atoms with Crippen LogP contribution in [-0.2, 0) is 4.79 Å². The molecule has 84 valence electrons. The first kappa shape index (κ1) is 13.0. The molecule has 16 heavy (non-hydrogen) atoms. The minimum Gasteiger partial charge on any atom is -0.495 e. The van der Waals surface area contributed by atoms with Gasteiger partial charge >= 0.3 is 0 Å². The van der Waals surface area contributed by atoms with E-state index in [2.05, 4.69) is 11.8 Å². The number of methoxy groups -OCH3 is 1. The summed E-state index contributed by atoms with van der Waals surface area (Å²) < 4.78 is 5.14.